The Bertz CT molecular complexity index is 375. The van der Waals surface area contributed by atoms with Gasteiger partial charge in [-0.15, -0.1) is 6.58 Å². The molecule has 1 rings (SSSR count). The molecule has 0 aliphatic heterocycles. The van der Waals surface area contributed by atoms with Crippen LogP contribution in [0.5, 0.6) is 5.75 Å². The molecule has 19 heavy (non-hydrogen) atoms. The normalized spacial score (nSPS) is 12.5. The Morgan fingerprint density at radius 2 is 1.95 bits per heavy atom. The molecule has 0 bridgehead atoms. The van der Waals surface area contributed by atoms with Gasteiger partial charge in [-0.3, -0.25) is 0 Å². The van der Waals surface area contributed by atoms with E-state index in [4.69, 9.17) is 4.74 Å². The van der Waals surface area contributed by atoms with E-state index in [1.807, 2.05) is 12.1 Å². The second-order valence-electron chi connectivity index (χ2n) is 4.89. The standard InChI is InChI=1S/C18H26O/c1-4-9-16(5-2)10-7-6-8-11-17-12-14-18(19-3)15-13-17/h5,8,11-16H,2,4,6-7,9-10H2,1,3H3/b11-8+. The summed E-state index contributed by atoms with van der Waals surface area (Å²) in [5, 5.41) is 0. The number of hydrogen-bond acceptors (Lipinski definition) is 1. The molecule has 0 aliphatic carbocycles. The zero-order valence-electron chi connectivity index (χ0n) is 12.3. The first-order chi connectivity index (χ1) is 9.30. The first-order valence-corrected chi connectivity index (χ1v) is 7.23. The lowest BCUT2D eigenvalue weighted by atomic mass is 9.97. The van der Waals surface area contributed by atoms with E-state index in [1.54, 1.807) is 7.11 Å². The molecular weight excluding hydrogens is 232 g/mol. The van der Waals surface area contributed by atoms with Gasteiger partial charge in [0.15, 0.2) is 0 Å². The highest BCUT2D eigenvalue weighted by molar-refractivity contribution is 5.50. The number of ether oxygens (including phenoxy) is 1. The number of unbranched alkanes of at least 4 members (excludes halogenated alkanes) is 1. The van der Waals surface area contributed by atoms with Gasteiger partial charge < -0.3 is 4.74 Å². The molecule has 1 unspecified atom stereocenters. The molecule has 0 saturated heterocycles. The Labute approximate surface area is 118 Å². The number of allylic oxidation sites excluding steroid dienone is 2. The summed E-state index contributed by atoms with van der Waals surface area (Å²) in [6, 6.07) is 8.15. The molecule has 0 N–H and O–H groups in total. The van der Waals surface area contributed by atoms with Crippen molar-refractivity contribution in [1.82, 2.24) is 0 Å². The van der Waals surface area contributed by atoms with Crippen LogP contribution in [0, 0.1) is 5.92 Å². The first-order valence-electron chi connectivity index (χ1n) is 7.23. The number of methoxy groups -OCH3 is 1. The van der Waals surface area contributed by atoms with Crippen molar-refractivity contribution in [1.29, 1.82) is 0 Å². The lowest BCUT2D eigenvalue weighted by Crippen LogP contribution is -1.94. The Hall–Kier alpha value is -1.50. The smallest absolute Gasteiger partial charge is 0.118 e. The zero-order valence-corrected chi connectivity index (χ0v) is 12.3. The van der Waals surface area contributed by atoms with Crippen molar-refractivity contribution in [3.63, 3.8) is 0 Å². The van der Waals surface area contributed by atoms with Crippen molar-refractivity contribution in [2.75, 3.05) is 7.11 Å². The molecule has 1 atom stereocenters. The van der Waals surface area contributed by atoms with Gasteiger partial charge in [0.25, 0.3) is 0 Å². The Kier molecular flexibility index (Phi) is 7.72. The average molecular weight is 258 g/mol. The first kappa shape index (κ1) is 15.6. The minimum absolute atomic E-state index is 0.694. The molecule has 1 nitrogen and oxygen atoms in total. The maximum absolute atomic E-state index is 5.14. The van der Waals surface area contributed by atoms with Crippen molar-refractivity contribution >= 4 is 6.08 Å². The van der Waals surface area contributed by atoms with E-state index in [-0.39, 0.29) is 0 Å². The van der Waals surface area contributed by atoms with Crippen LogP contribution in [-0.2, 0) is 0 Å². The minimum Gasteiger partial charge on any atom is -0.497 e. The van der Waals surface area contributed by atoms with Gasteiger partial charge >= 0.3 is 0 Å². The molecule has 0 saturated carbocycles. The number of rotatable bonds is 9. The van der Waals surface area contributed by atoms with Crippen LogP contribution >= 0.6 is 0 Å². The Balaban J connectivity index is 2.27. The largest absolute Gasteiger partial charge is 0.497 e. The van der Waals surface area contributed by atoms with Crippen molar-refractivity contribution in [2.45, 2.75) is 39.0 Å². The van der Waals surface area contributed by atoms with Gasteiger partial charge in [-0.05, 0) is 49.3 Å². The third-order valence-electron chi connectivity index (χ3n) is 3.36. The summed E-state index contributed by atoms with van der Waals surface area (Å²) in [4.78, 5) is 0. The number of hydrogen-bond donors (Lipinski definition) is 0. The summed E-state index contributed by atoms with van der Waals surface area (Å²) in [6.45, 7) is 6.15. The van der Waals surface area contributed by atoms with Crippen LogP contribution in [0.4, 0.5) is 0 Å². The fourth-order valence-electron chi connectivity index (χ4n) is 2.18. The molecule has 1 aromatic rings. The van der Waals surface area contributed by atoms with E-state index in [9.17, 15) is 0 Å². The number of benzene rings is 1. The van der Waals surface area contributed by atoms with Crippen molar-refractivity contribution < 1.29 is 4.74 Å². The second-order valence-corrected chi connectivity index (χ2v) is 4.89. The Morgan fingerprint density at radius 1 is 1.21 bits per heavy atom. The van der Waals surface area contributed by atoms with Gasteiger partial charge in [0.05, 0.1) is 7.11 Å². The van der Waals surface area contributed by atoms with Gasteiger partial charge in [0.2, 0.25) is 0 Å². The van der Waals surface area contributed by atoms with Crippen molar-refractivity contribution in [2.24, 2.45) is 5.92 Å². The van der Waals surface area contributed by atoms with Gasteiger partial charge in [0.1, 0.15) is 5.75 Å². The van der Waals surface area contributed by atoms with Crippen LogP contribution in [0.25, 0.3) is 6.08 Å². The predicted octanol–water partition coefficient (Wildman–Crippen LogP) is 5.48. The maximum atomic E-state index is 5.14. The lowest BCUT2D eigenvalue weighted by Gasteiger charge is -2.09. The highest BCUT2D eigenvalue weighted by Gasteiger charge is 2.01. The molecule has 1 heteroatoms. The van der Waals surface area contributed by atoms with E-state index < -0.39 is 0 Å². The summed E-state index contributed by atoms with van der Waals surface area (Å²) >= 11 is 0. The van der Waals surface area contributed by atoms with Crippen molar-refractivity contribution in [3.8, 4) is 5.75 Å². The average Bonchev–Trinajstić information content (AvgIpc) is 2.46. The van der Waals surface area contributed by atoms with E-state index >= 15 is 0 Å². The molecule has 0 amide bonds. The zero-order chi connectivity index (χ0) is 13.9. The van der Waals surface area contributed by atoms with Crippen LogP contribution in [0.1, 0.15) is 44.6 Å². The summed E-state index contributed by atoms with van der Waals surface area (Å²) in [7, 11) is 1.69. The predicted molar refractivity (Wildman–Crippen MR) is 84.5 cm³/mol. The van der Waals surface area contributed by atoms with Crippen LogP contribution in [0.2, 0.25) is 0 Å². The Morgan fingerprint density at radius 3 is 2.53 bits per heavy atom. The molecule has 0 spiro atoms. The van der Waals surface area contributed by atoms with Gasteiger partial charge in [-0.25, -0.2) is 0 Å². The molecule has 0 fully saturated rings. The fraction of sp³-hybridized carbons (Fsp3) is 0.444. The molecule has 0 heterocycles. The van der Waals surface area contributed by atoms with Crippen LogP contribution in [0.3, 0.4) is 0 Å². The van der Waals surface area contributed by atoms with E-state index in [1.165, 1.54) is 31.2 Å². The SMILES string of the molecule is C=CC(CCC)CCC/C=C/c1ccc(OC)cc1. The highest BCUT2D eigenvalue weighted by atomic mass is 16.5. The molecule has 0 aromatic heterocycles. The highest BCUT2D eigenvalue weighted by Crippen LogP contribution is 2.17. The summed E-state index contributed by atoms with van der Waals surface area (Å²) in [5.74, 6) is 1.60. The quantitative estimate of drug-likeness (QED) is 0.421. The molecule has 0 radical (unpaired) electrons. The molecule has 104 valence electrons. The summed E-state index contributed by atoms with van der Waals surface area (Å²) < 4.78 is 5.14. The van der Waals surface area contributed by atoms with E-state index in [0.717, 1.165) is 12.2 Å². The minimum atomic E-state index is 0.694. The monoisotopic (exact) mass is 258 g/mol. The lowest BCUT2D eigenvalue weighted by molar-refractivity contribution is 0.415. The third-order valence-corrected chi connectivity index (χ3v) is 3.36. The topological polar surface area (TPSA) is 9.23 Å². The fourth-order valence-corrected chi connectivity index (χ4v) is 2.18. The van der Waals surface area contributed by atoms with Crippen LogP contribution in [-0.4, -0.2) is 7.11 Å². The van der Waals surface area contributed by atoms with Crippen molar-refractivity contribution in [3.05, 3.63) is 48.6 Å². The van der Waals surface area contributed by atoms with Gasteiger partial charge in [-0.2, -0.15) is 0 Å². The third kappa shape index (κ3) is 6.28. The molecular formula is C18H26O. The summed E-state index contributed by atoms with van der Waals surface area (Å²) in [6.07, 6.45) is 12.7. The molecule has 1 aromatic carbocycles. The van der Waals surface area contributed by atoms with Gasteiger partial charge in [-0.1, -0.05) is 43.7 Å². The van der Waals surface area contributed by atoms with Crippen LogP contribution < -0.4 is 4.74 Å². The second kappa shape index (κ2) is 9.43. The van der Waals surface area contributed by atoms with E-state index in [2.05, 4.69) is 43.9 Å². The maximum Gasteiger partial charge on any atom is 0.118 e. The summed E-state index contributed by atoms with van der Waals surface area (Å²) in [5.41, 5.74) is 1.23. The van der Waals surface area contributed by atoms with Crippen LogP contribution in [0.15, 0.2) is 43.0 Å². The van der Waals surface area contributed by atoms with E-state index in [0.29, 0.717) is 5.92 Å². The van der Waals surface area contributed by atoms with Gasteiger partial charge in [0, 0.05) is 0 Å². The molecule has 0 aliphatic rings.